The van der Waals surface area contributed by atoms with Crippen LogP contribution in [0.1, 0.15) is 6.42 Å². The van der Waals surface area contributed by atoms with Gasteiger partial charge in [-0.2, -0.15) is 0 Å². The molecule has 0 heterocycles. The summed E-state index contributed by atoms with van der Waals surface area (Å²) in [6.07, 6.45) is 7.57. The van der Waals surface area contributed by atoms with E-state index >= 15 is 0 Å². The van der Waals surface area contributed by atoms with E-state index in [1.807, 2.05) is 0 Å². The van der Waals surface area contributed by atoms with E-state index in [4.69, 9.17) is 14.4 Å². The molecule has 0 aromatic rings. The average molecular weight is 325 g/mol. The molecule has 0 atom stereocenters. The fraction of sp³-hybridized carbons (Fsp3) is 0.125. The Kier molecular flexibility index (Phi) is 52.7. The number of halogens is 1. The summed E-state index contributed by atoms with van der Waals surface area (Å²) in [7, 11) is 0. The van der Waals surface area contributed by atoms with Gasteiger partial charge in [-0.05, 0) is 0 Å². The van der Waals surface area contributed by atoms with Gasteiger partial charge < -0.3 is 17.0 Å². The molecule has 1 aliphatic rings. The topological polar surface area (TPSA) is 51.2 Å². The quantitative estimate of drug-likeness (QED) is 0.452. The summed E-state index contributed by atoms with van der Waals surface area (Å²) in [4.78, 5) is 22.5. The van der Waals surface area contributed by atoms with E-state index in [1.54, 1.807) is 0 Å². The summed E-state index contributed by atoms with van der Waals surface area (Å²) in [5.74, 6) is 0. The molecule has 1 aliphatic carbocycles. The van der Waals surface area contributed by atoms with Crippen molar-refractivity contribution in [2.24, 2.45) is 0 Å². The van der Waals surface area contributed by atoms with Crippen LogP contribution >= 0.6 is 0 Å². The number of hydrogen-bond acceptors (Lipinski definition) is 3. The van der Waals surface area contributed by atoms with Crippen LogP contribution < -0.4 is 17.0 Å². The van der Waals surface area contributed by atoms with Gasteiger partial charge in [0.1, 0.15) is 0 Å². The van der Waals surface area contributed by atoms with Crippen LogP contribution in [0, 0.1) is 0 Å². The minimum absolute atomic E-state index is 0. The molecule has 0 N–H and O–H groups in total. The number of carbonyl (C=O) groups excluding carboxylic acids is 3. The van der Waals surface area contributed by atoms with Gasteiger partial charge in [0.2, 0.25) is 0 Å². The van der Waals surface area contributed by atoms with Crippen molar-refractivity contribution in [1.29, 1.82) is 0 Å². The molecule has 0 saturated carbocycles. The Morgan fingerprint density at radius 2 is 1.46 bits per heavy atom. The zero-order chi connectivity index (χ0) is 10.4. The van der Waals surface area contributed by atoms with Gasteiger partial charge in [-0.1, -0.05) is 0 Å². The van der Waals surface area contributed by atoms with E-state index in [2.05, 4.69) is 58.4 Å². The van der Waals surface area contributed by atoms with Crippen LogP contribution in [-0.2, 0) is 34.2 Å². The van der Waals surface area contributed by atoms with Crippen LogP contribution in [0.4, 0.5) is 0 Å². The molecule has 6 radical (unpaired) electrons. The zero-order valence-electron chi connectivity index (χ0n) is 6.45. The normalized spacial score (nSPS) is 9.38. The molecule has 13 heavy (non-hydrogen) atoms. The second-order valence-electron chi connectivity index (χ2n) is 1.27. The molecule has 1 rings (SSSR count). The van der Waals surface area contributed by atoms with Crippen LogP contribution in [0.5, 0.6) is 0 Å². The fourth-order valence-corrected chi connectivity index (χ4v) is 0.857. The van der Waals surface area contributed by atoms with E-state index in [0.29, 0.717) is 0 Å². The first-order valence-corrected chi connectivity index (χ1v) is 3.54. The van der Waals surface area contributed by atoms with Crippen molar-refractivity contribution in [2.45, 2.75) is 6.42 Å². The summed E-state index contributed by atoms with van der Waals surface area (Å²) in [5.41, 5.74) is 0. The molecule has 68 valence electrons. The molecule has 5 heteroatoms. The van der Waals surface area contributed by atoms with E-state index in [-0.39, 0.29) is 17.0 Å². The molecule has 3 nitrogen and oxygen atoms in total. The van der Waals surface area contributed by atoms with Crippen molar-refractivity contribution >= 4 is 20.4 Å². The summed E-state index contributed by atoms with van der Waals surface area (Å²) < 4.78 is 1.48. The van der Waals surface area contributed by atoms with E-state index in [0.717, 1.165) is 0 Å². The number of rotatable bonds is 0. The van der Waals surface area contributed by atoms with Crippen molar-refractivity contribution < 1.29 is 51.2 Å². The Morgan fingerprint density at radius 1 is 1.08 bits per heavy atom. The van der Waals surface area contributed by atoms with Gasteiger partial charge in [-0.25, -0.2) is 0 Å². The third-order valence-corrected chi connectivity index (χ3v) is 1.48. The molecule has 0 aliphatic heterocycles. The van der Waals surface area contributed by atoms with Gasteiger partial charge in [0.15, 0.2) is 0 Å². The summed E-state index contributed by atoms with van der Waals surface area (Å²) >= 11 is 2.07. The molecular weight excluding hydrogens is 320 g/mol. The maximum absolute atomic E-state index is 7.50. The molecule has 0 aromatic carbocycles. The zero-order valence-corrected chi connectivity index (χ0v) is 10.0. The second kappa shape index (κ2) is 29.9. The SMILES string of the molecule is [Br-].[C]=O.[C]=O.[C]=O.[Mo+][C]1=CC=CC1. The first kappa shape index (κ1) is 22.9. The first-order valence-electron chi connectivity index (χ1n) is 2.53. The van der Waals surface area contributed by atoms with Gasteiger partial charge in [0, 0.05) is 0 Å². The Hall–Kier alpha value is -0.342. The third kappa shape index (κ3) is 24.5. The molecule has 0 saturated heterocycles. The Morgan fingerprint density at radius 3 is 1.54 bits per heavy atom. The van der Waals surface area contributed by atoms with Crippen molar-refractivity contribution in [3.05, 3.63) is 22.2 Å². The van der Waals surface area contributed by atoms with Crippen molar-refractivity contribution in [2.75, 3.05) is 0 Å². The molecule has 0 bridgehead atoms. The Labute approximate surface area is 99.9 Å². The van der Waals surface area contributed by atoms with Crippen molar-refractivity contribution in [1.82, 2.24) is 0 Å². The summed E-state index contributed by atoms with van der Waals surface area (Å²) in [6.45, 7) is 13.5. The minimum atomic E-state index is 0. The molecular formula is C8H5BrMoO3. The summed E-state index contributed by atoms with van der Waals surface area (Å²) in [6, 6.07) is 0. The van der Waals surface area contributed by atoms with Crippen LogP contribution in [-0.4, -0.2) is 20.4 Å². The van der Waals surface area contributed by atoms with Gasteiger partial charge in [0.25, 0.3) is 20.4 Å². The van der Waals surface area contributed by atoms with Crippen LogP contribution in [0.3, 0.4) is 0 Å². The molecule has 0 fully saturated rings. The number of hydrogen-bond donors (Lipinski definition) is 0. The fourth-order valence-electron chi connectivity index (χ4n) is 0.428. The van der Waals surface area contributed by atoms with Gasteiger partial charge in [-0.3, -0.25) is 14.4 Å². The van der Waals surface area contributed by atoms with Crippen LogP contribution in [0.25, 0.3) is 0 Å². The monoisotopic (exact) mass is 326 g/mol. The van der Waals surface area contributed by atoms with Gasteiger partial charge in [-0.15, -0.1) is 0 Å². The molecule has 0 amide bonds. The Bertz CT molecular complexity index is 144. The van der Waals surface area contributed by atoms with Gasteiger partial charge >= 0.3 is 48.4 Å². The third-order valence-electron chi connectivity index (χ3n) is 0.737. The Balaban J connectivity index is -0.0000000508. The molecule has 0 aromatic heterocycles. The van der Waals surface area contributed by atoms with Crippen LogP contribution in [0.2, 0.25) is 0 Å². The maximum atomic E-state index is 7.50. The van der Waals surface area contributed by atoms with Crippen molar-refractivity contribution in [3.8, 4) is 0 Å². The first-order chi connectivity index (χ1) is 5.89. The molecule has 0 spiro atoms. The average Bonchev–Trinajstić information content (AvgIpc) is 2.66. The number of allylic oxidation sites excluding steroid dienone is 4. The second-order valence-corrected chi connectivity index (χ2v) is 2.55. The van der Waals surface area contributed by atoms with E-state index < -0.39 is 0 Å². The van der Waals surface area contributed by atoms with Crippen molar-refractivity contribution in [3.63, 3.8) is 0 Å². The predicted octanol–water partition coefficient (Wildman–Crippen LogP) is -2.81. The molecule has 0 unspecified atom stereocenters. The predicted molar refractivity (Wildman–Crippen MR) is 38.9 cm³/mol. The van der Waals surface area contributed by atoms with E-state index in [1.165, 1.54) is 10.4 Å². The standard InChI is InChI=1S/C5H5.3CO.BrH.Mo/c1-2-4-5-3-1;3*1-2;;/h1-3H,4H2;;;;1H;/q;;;;;+1/p-1. The summed E-state index contributed by atoms with van der Waals surface area (Å²) in [5, 5.41) is 0. The van der Waals surface area contributed by atoms with Crippen LogP contribution in [0.15, 0.2) is 22.2 Å². The van der Waals surface area contributed by atoms with E-state index in [9.17, 15) is 0 Å². The van der Waals surface area contributed by atoms with Gasteiger partial charge in [0.05, 0.1) is 0 Å².